The van der Waals surface area contributed by atoms with Crippen LogP contribution in [0.4, 0.5) is 11.5 Å². The number of carbonyl (C=O) groups excluding carboxylic acids is 2. The molecule has 1 saturated heterocycles. The molecule has 0 bridgehead atoms. The fourth-order valence-corrected chi connectivity index (χ4v) is 6.20. The van der Waals surface area contributed by atoms with E-state index in [2.05, 4.69) is 35.3 Å². The number of rotatable bonds is 7. The van der Waals surface area contributed by atoms with Crippen LogP contribution in [0.5, 0.6) is 11.9 Å². The maximum atomic E-state index is 13.4. The van der Waals surface area contributed by atoms with E-state index < -0.39 is 0 Å². The molecule has 4 aromatic rings. The Morgan fingerprint density at radius 3 is 2.83 bits per heavy atom. The van der Waals surface area contributed by atoms with Gasteiger partial charge in [0.05, 0.1) is 29.2 Å². The van der Waals surface area contributed by atoms with Gasteiger partial charge < -0.3 is 25.4 Å². The molecule has 4 aromatic heterocycles. The summed E-state index contributed by atoms with van der Waals surface area (Å²) in [4.78, 5) is 45.0. The summed E-state index contributed by atoms with van der Waals surface area (Å²) in [5, 5.41) is 8.41. The molecule has 14 heteroatoms. The molecule has 0 aromatic carbocycles. The van der Waals surface area contributed by atoms with Gasteiger partial charge in [0.2, 0.25) is 5.88 Å². The number of fused-ring (bicyclic) bond motifs is 1. The number of nitrogens with zero attached hydrogens (tertiary/aromatic N) is 7. The van der Waals surface area contributed by atoms with Crippen molar-refractivity contribution in [2.24, 2.45) is 0 Å². The molecule has 1 aliphatic heterocycles. The van der Waals surface area contributed by atoms with Crippen LogP contribution in [0, 0.1) is 6.92 Å². The van der Waals surface area contributed by atoms with E-state index in [1.165, 1.54) is 24.8 Å². The molecule has 1 atom stereocenters. The molecule has 2 aliphatic rings. The first-order chi connectivity index (χ1) is 19.9. The van der Waals surface area contributed by atoms with Crippen LogP contribution in [0.3, 0.4) is 0 Å². The Morgan fingerprint density at radius 2 is 2.02 bits per heavy atom. The van der Waals surface area contributed by atoms with E-state index in [4.69, 9.17) is 15.2 Å². The monoisotopic (exact) mass is 577 g/mol. The molecule has 1 aliphatic carbocycles. The number of nitrogens with two attached hydrogens (primary N) is 1. The Morgan fingerprint density at radius 1 is 1.20 bits per heavy atom. The summed E-state index contributed by atoms with van der Waals surface area (Å²) in [6.45, 7) is 3.21. The van der Waals surface area contributed by atoms with Crippen molar-refractivity contribution in [3.63, 3.8) is 0 Å². The third-order valence-corrected chi connectivity index (χ3v) is 8.37. The number of carbonyl (C=O) groups is 2. The lowest BCUT2D eigenvalue weighted by atomic mass is 9.96. The molecule has 214 valence electrons. The van der Waals surface area contributed by atoms with Gasteiger partial charge in [0.25, 0.3) is 5.91 Å². The minimum atomic E-state index is -0.206. The van der Waals surface area contributed by atoms with E-state index in [1.54, 1.807) is 16.8 Å². The molecule has 6 rings (SSSR count). The minimum absolute atomic E-state index is 0.106. The number of methoxy groups -OCH3 is 1. The largest absolute Gasteiger partial charge is 0.473 e. The smallest absolute Gasteiger partial charge is 0.316 e. The van der Waals surface area contributed by atoms with Crippen molar-refractivity contribution in [2.45, 2.75) is 57.6 Å². The lowest BCUT2D eigenvalue weighted by Gasteiger charge is -2.34. The van der Waals surface area contributed by atoms with Gasteiger partial charge in [-0.15, -0.1) is 11.3 Å². The van der Waals surface area contributed by atoms with E-state index in [1.807, 2.05) is 13.0 Å². The summed E-state index contributed by atoms with van der Waals surface area (Å²) in [7, 11) is 1.52. The number of anilines is 2. The zero-order chi connectivity index (χ0) is 28.5. The molecule has 41 heavy (non-hydrogen) atoms. The van der Waals surface area contributed by atoms with Gasteiger partial charge in [-0.25, -0.2) is 19.5 Å². The number of piperidine rings is 1. The summed E-state index contributed by atoms with van der Waals surface area (Å²) in [5.41, 5.74) is 9.23. The highest BCUT2D eigenvalue weighted by atomic mass is 32.1. The summed E-state index contributed by atoms with van der Waals surface area (Å²) >= 11 is 1.32. The average Bonchev–Trinajstić information content (AvgIpc) is 3.56. The predicted octanol–water partition coefficient (Wildman–Crippen LogP) is 2.83. The molecular weight excluding hydrogens is 546 g/mol. The minimum Gasteiger partial charge on any atom is -0.473 e. The van der Waals surface area contributed by atoms with E-state index in [0.29, 0.717) is 60.0 Å². The first-order valence-electron chi connectivity index (χ1n) is 13.6. The molecule has 0 radical (unpaired) electrons. The number of hydrogen-bond donors (Lipinski definition) is 2. The molecular formula is C27H31N9O4S. The molecule has 5 heterocycles. The lowest BCUT2D eigenvalue weighted by Crippen LogP contribution is -2.47. The lowest BCUT2D eigenvalue weighted by molar-refractivity contribution is -0.121. The van der Waals surface area contributed by atoms with Crippen LogP contribution in [-0.4, -0.2) is 73.6 Å². The zero-order valence-corrected chi connectivity index (χ0v) is 23.7. The highest BCUT2D eigenvalue weighted by Gasteiger charge is 2.29. The van der Waals surface area contributed by atoms with Crippen molar-refractivity contribution < 1.29 is 19.1 Å². The van der Waals surface area contributed by atoms with Crippen molar-refractivity contribution in [3.8, 4) is 23.3 Å². The summed E-state index contributed by atoms with van der Waals surface area (Å²) in [6.07, 6.45) is 6.94. The van der Waals surface area contributed by atoms with Gasteiger partial charge in [-0.1, -0.05) is 0 Å². The summed E-state index contributed by atoms with van der Waals surface area (Å²) in [6, 6.07) is 3.91. The molecule has 1 amide bonds. The SMILES string of the molecule is COc1nccc(-c2cc(N3CCC[C@@H](NC(=O)c4sc(C)nc4OC4CCC(=O)CC4)C3)c3c(N)ncnn23)n1. The van der Waals surface area contributed by atoms with Gasteiger partial charge in [-0.3, -0.25) is 9.59 Å². The Bertz CT molecular complexity index is 1590. The van der Waals surface area contributed by atoms with Crippen LogP contribution in [0.2, 0.25) is 0 Å². The second-order valence-corrected chi connectivity index (χ2v) is 11.4. The van der Waals surface area contributed by atoms with Gasteiger partial charge in [-0.05, 0) is 44.7 Å². The van der Waals surface area contributed by atoms with Gasteiger partial charge in [0, 0.05) is 38.2 Å². The predicted molar refractivity (Wildman–Crippen MR) is 152 cm³/mol. The fourth-order valence-electron chi connectivity index (χ4n) is 5.44. The number of aromatic nitrogens is 6. The highest BCUT2D eigenvalue weighted by Crippen LogP contribution is 2.35. The van der Waals surface area contributed by atoms with Gasteiger partial charge in [0.1, 0.15) is 23.7 Å². The van der Waals surface area contributed by atoms with E-state index in [0.717, 1.165) is 35.8 Å². The third kappa shape index (κ3) is 5.51. The van der Waals surface area contributed by atoms with Crippen LogP contribution < -0.4 is 25.4 Å². The Labute approximate surface area is 240 Å². The maximum absolute atomic E-state index is 13.4. The summed E-state index contributed by atoms with van der Waals surface area (Å²) < 4.78 is 13.0. The highest BCUT2D eigenvalue weighted by molar-refractivity contribution is 7.13. The Hall–Kier alpha value is -4.33. The average molecular weight is 578 g/mol. The molecule has 3 N–H and O–H groups in total. The standard InChI is InChI=1S/C27H31N9O4S/c1-15-32-26(40-18-7-5-17(37)6-8-18)23(41-15)25(38)33-16-4-3-11-35(13-16)21-12-20(19-9-10-29-27(34-19)39-2)36-22(21)24(28)30-14-31-36/h9-10,12,14,16,18H,3-8,11,13H2,1-2H3,(H,33,38)(H2,28,30,31)/t16-/m1/s1. The van der Waals surface area contributed by atoms with Crippen molar-refractivity contribution in [1.82, 2.24) is 34.9 Å². The zero-order valence-electron chi connectivity index (χ0n) is 22.9. The van der Waals surface area contributed by atoms with Crippen molar-refractivity contribution in [3.05, 3.63) is 34.5 Å². The number of nitrogens with one attached hydrogen (secondary N) is 1. The number of aryl methyl sites for hydroxylation is 1. The molecule has 0 unspecified atom stereocenters. The van der Waals surface area contributed by atoms with Crippen LogP contribution >= 0.6 is 11.3 Å². The first-order valence-corrected chi connectivity index (χ1v) is 14.4. The third-order valence-electron chi connectivity index (χ3n) is 7.42. The Balaban J connectivity index is 1.22. The van der Waals surface area contributed by atoms with E-state index in [-0.39, 0.29) is 29.8 Å². The van der Waals surface area contributed by atoms with Crippen LogP contribution in [0.25, 0.3) is 16.9 Å². The fraction of sp³-hybridized carbons (Fsp3) is 0.444. The quantitative estimate of drug-likeness (QED) is 0.332. The van der Waals surface area contributed by atoms with Crippen LogP contribution in [0.15, 0.2) is 24.7 Å². The summed E-state index contributed by atoms with van der Waals surface area (Å²) in [5.74, 6) is 0.750. The van der Waals surface area contributed by atoms with E-state index >= 15 is 0 Å². The second kappa shape index (κ2) is 11.3. The topological polar surface area (TPSA) is 163 Å². The number of hydrogen-bond acceptors (Lipinski definition) is 12. The van der Waals surface area contributed by atoms with Crippen LogP contribution in [-0.2, 0) is 4.79 Å². The number of amides is 1. The second-order valence-electron chi connectivity index (χ2n) is 10.2. The normalized spacial score (nSPS) is 18.0. The Kier molecular flexibility index (Phi) is 7.39. The van der Waals surface area contributed by atoms with Gasteiger partial charge in [-0.2, -0.15) is 10.1 Å². The van der Waals surface area contributed by atoms with Crippen LogP contribution in [0.1, 0.15) is 53.2 Å². The molecule has 2 fully saturated rings. The number of Topliss-reactive ketones (excluding diaryl/α,β-unsaturated/α-hetero) is 1. The maximum Gasteiger partial charge on any atom is 0.316 e. The van der Waals surface area contributed by atoms with E-state index in [9.17, 15) is 9.59 Å². The van der Waals surface area contributed by atoms with Crippen molar-refractivity contribution in [1.29, 1.82) is 0 Å². The number of thiazole rings is 1. The van der Waals surface area contributed by atoms with Crippen molar-refractivity contribution in [2.75, 3.05) is 30.8 Å². The van der Waals surface area contributed by atoms with Crippen molar-refractivity contribution >= 4 is 40.0 Å². The molecule has 1 saturated carbocycles. The van der Waals surface area contributed by atoms with Gasteiger partial charge in [0.15, 0.2) is 10.7 Å². The number of ether oxygens (including phenoxy) is 2. The number of ketones is 1. The number of nitrogen functional groups attached to an aromatic ring is 1. The van der Waals surface area contributed by atoms with Gasteiger partial charge >= 0.3 is 6.01 Å². The molecule has 0 spiro atoms. The molecule has 13 nitrogen and oxygen atoms in total. The first kappa shape index (κ1) is 26.9.